The van der Waals surface area contributed by atoms with E-state index >= 15 is 0 Å². The third-order valence-corrected chi connectivity index (χ3v) is 4.03. The zero-order valence-electron chi connectivity index (χ0n) is 11.5. The summed E-state index contributed by atoms with van der Waals surface area (Å²) in [6.07, 6.45) is 1.96. The second kappa shape index (κ2) is 5.93. The highest BCUT2D eigenvalue weighted by Crippen LogP contribution is 2.22. The summed E-state index contributed by atoms with van der Waals surface area (Å²) in [4.78, 5) is 12.5. The number of methoxy groups -OCH3 is 1. The van der Waals surface area contributed by atoms with E-state index in [1.54, 1.807) is 23.5 Å². The zero-order valence-corrected chi connectivity index (χ0v) is 12.3. The Hall–Kier alpha value is -2.40. The molecule has 2 heterocycles. The molecule has 0 unspecified atom stereocenters. The lowest BCUT2D eigenvalue weighted by Gasteiger charge is -2.03. The van der Waals surface area contributed by atoms with Crippen LogP contribution in [0.3, 0.4) is 0 Å². The van der Waals surface area contributed by atoms with Gasteiger partial charge in [-0.25, -0.2) is 4.79 Å². The van der Waals surface area contributed by atoms with E-state index in [0.29, 0.717) is 12.1 Å². The largest absolute Gasteiger partial charge is 0.465 e. The van der Waals surface area contributed by atoms with Crippen LogP contribution in [0.5, 0.6) is 0 Å². The molecule has 0 aliphatic heterocycles. The van der Waals surface area contributed by atoms with Crippen LogP contribution in [-0.4, -0.2) is 22.9 Å². The number of hydrogen-bond donors (Lipinski definition) is 0. The predicted octanol–water partition coefficient (Wildman–Crippen LogP) is 3.45. The molecule has 0 aliphatic carbocycles. The zero-order chi connectivity index (χ0) is 14.7. The maximum atomic E-state index is 11.4. The Labute approximate surface area is 126 Å². The number of ether oxygens (including phenoxy) is 1. The van der Waals surface area contributed by atoms with Gasteiger partial charge in [0, 0.05) is 6.20 Å². The number of hydrogen-bond acceptors (Lipinski definition) is 4. The number of nitrogens with zero attached hydrogens (tertiary/aromatic N) is 2. The van der Waals surface area contributed by atoms with Crippen molar-refractivity contribution in [3.05, 3.63) is 65.2 Å². The first-order valence-corrected chi connectivity index (χ1v) is 7.39. The summed E-state index contributed by atoms with van der Waals surface area (Å²) < 4.78 is 6.57. The number of esters is 1. The molecular formula is C16H14N2O2S. The first kappa shape index (κ1) is 13.6. The summed E-state index contributed by atoms with van der Waals surface area (Å²) in [6, 6.07) is 13.5. The Bertz CT molecular complexity index is 730. The van der Waals surface area contributed by atoms with E-state index in [9.17, 15) is 4.79 Å². The third-order valence-electron chi connectivity index (χ3n) is 3.13. The Morgan fingerprint density at radius 3 is 2.71 bits per heavy atom. The molecule has 3 aromatic rings. The van der Waals surface area contributed by atoms with Crippen LogP contribution in [0.1, 0.15) is 15.9 Å². The molecule has 106 valence electrons. The van der Waals surface area contributed by atoms with Gasteiger partial charge in [-0.3, -0.25) is 4.68 Å². The number of carbonyl (C=O) groups excluding carboxylic acids is 1. The molecule has 0 aliphatic rings. The maximum absolute atomic E-state index is 11.4. The van der Waals surface area contributed by atoms with Crippen LogP contribution < -0.4 is 0 Å². The summed E-state index contributed by atoms with van der Waals surface area (Å²) in [7, 11) is 1.38. The van der Waals surface area contributed by atoms with Crippen molar-refractivity contribution >= 4 is 17.3 Å². The predicted molar refractivity (Wildman–Crippen MR) is 82.4 cm³/mol. The molecule has 0 atom stereocenters. The van der Waals surface area contributed by atoms with Crippen molar-refractivity contribution in [1.82, 2.24) is 9.78 Å². The molecule has 0 spiro atoms. The minimum atomic E-state index is -0.319. The molecule has 0 amide bonds. The maximum Gasteiger partial charge on any atom is 0.337 e. The number of benzene rings is 1. The minimum absolute atomic E-state index is 0.319. The smallest absolute Gasteiger partial charge is 0.337 e. The molecule has 0 bridgehead atoms. The summed E-state index contributed by atoms with van der Waals surface area (Å²) in [6.45, 7) is 0.673. The topological polar surface area (TPSA) is 44.1 Å². The second-order valence-electron chi connectivity index (χ2n) is 4.56. The van der Waals surface area contributed by atoms with Gasteiger partial charge in [-0.15, -0.1) is 11.3 Å². The molecular weight excluding hydrogens is 284 g/mol. The van der Waals surface area contributed by atoms with Crippen LogP contribution >= 0.6 is 11.3 Å². The van der Waals surface area contributed by atoms with Crippen molar-refractivity contribution in [3.63, 3.8) is 0 Å². The van der Waals surface area contributed by atoms with Crippen LogP contribution in [0.4, 0.5) is 0 Å². The van der Waals surface area contributed by atoms with Crippen molar-refractivity contribution in [2.24, 2.45) is 0 Å². The van der Waals surface area contributed by atoms with Crippen molar-refractivity contribution in [3.8, 4) is 10.6 Å². The molecule has 0 N–H and O–H groups in total. The minimum Gasteiger partial charge on any atom is -0.465 e. The fourth-order valence-corrected chi connectivity index (χ4v) is 2.75. The van der Waals surface area contributed by atoms with Crippen molar-refractivity contribution in [1.29, 1.82) is 0 Å². The van der Waals surface area contributed by atoms with Gasteiger partial charge in [-0.05, 0) is 35.2 Å². The number of thiophene rings is 1. The molecule has 4 nitrogen and oxygen atoms in total. The highest BCUT2D eigenvalue weighted by molar-refractivity contribution is 7.13. The van der Waals surface area contributed by atoms with Crippen LogP contribution in [0.25, 0.3) is 10.6 Å². The first-order valence-electron chi connectivity index (χ1n) is 6.51. The van der Waals surface area contributed by atoms with Gasteiger partial charge >= 0.3 is 5.97 Å². The SMILES string of the molecule is COC(=O)c1ccc(Cn2ccc(-c3cccs3)n2)cc1. The monoisotopic (exact) mass is 298 g/mol. The number of aromatic nitrogens is 2. The Morgan fingerprint density at radius 1 is 1.24 bits per heavy atom. The van der Waals surface area contributed by atoms with Gasteiger partial charge in [0.1, 0.15) is 5.69 Å². The third kappa shape index (κ3) is 3.03. The van der Waals surface area contributed by atoms with E-state index in [0.717, 1.165) is 16.1 Å². The van der Waals surface area contributed by atoms with E-state index in [1.807, 2.05) is 40.5 Å². The Kier molecular flexibility index (Phi) is 3.83. The van der Waals surface area contributed by atoms with E-state index < -0.39 is 0 Å². The van der Waals surface area contributed by atoms with Gasteiger partial charge in [0.2, 0.25) is 0 Å². The average Bonchev–Trinajstić information content (AvgIpc) is 3.18. The summed E-state index contributed by atoms with van der Waals surface area (Å²) in [5, 5.41) is 6.60. The van der Waals surface area contributed by atoms with Gasteiger partial charge in [0.25, 0.3) is 0 Å². The number of rotatable bonds is 4. The van der Waals surface area contributed by atoms with E-state index in [-0.39, 0.29) is 5.97 Å². The van der Waals surface area contributed by atoms with Gasteiger partial charge in [-0.1, -0.05) is 18.2 Å². The first-order chi connectivity index (χ1) is 10.3. The van der Waals surface area contributed by atoms with Crippen LogP contribution in [0.2, 0.25) is 0 Å². The van der Waals surface area contributed by atoms with Gasteiger partial charge in [-0.2, -0.15) is 5.10 Å². The van der Waals surface area contributed by atoms with Gasteiger partial charge in [0.15, 0.2) is 0 Å². The van der Waals surface area contributed by atoms with Gasteiger partial charge < -0.3 is 4.74 Å². The number of carbonyl (C=O) groups is 1. The fourth-order valence-electron chi connectivity index (χ4n) is 2.06. The lowest BCUT2D eigenvalue weighted by atomic mass is 10.1. The van der Waals surface area contributed by atoms with Crippen LogP contribution in [0.15, 0.2) is 54.0 Å². The normalized spacial score (nSPS) is 10.5. The quantitative estimate of drug-likeness (QED) is 0.693. The molecule has 5 heteroatoms. The van der Waals surface area contributed by atoms with E-state index in [2.05, 4.69) is 15.9 Å². The Morgan fingerprint density at radius 2 is 2.05 bits per heavy atom. The standard InChI is InChI=1S/C16H14N2O2S/c1-20-16(19)13-6-4-12(5-7-13)11-18-9-8-14(17-18)15-3-2-10-21-15/h2-10H,11H2,1H3. The Balaban J connectivity index is 1.73. The van der Waals surface area contributed by atoms with Crippen molar-refractivity contribution in [2.75, 3.05) is 7.11 Å². The van der Waals surface area contributed by atoms with Gasteiger partial charge in [0.05, 0.1) is 24.1 Å². The molecule has 3 rings (SSSR count). The summed E-state index contributed by atoms with van der Waals surface area (Å²) in [5.74, 6) is -0.319. The molecule has 0 fully saturated rings. The van der Waals surface area contributed by atoms with Crippen molar-refractivity contribution < 1.29 is 9.53 Å². The molecule has 21 heavy (non-hydrogen) atoms. The molecule has 1 aromatic carbocycles. The highest BCUT2D eigenvalue weighted by atomic mass is 32.1. The average molecular weight is 298 g/mol. The molecule has 0 radical (unpaired) electrons. The lowest BCUT2D eigenvalue weighted by Crippen LogP contribution is -2.03. The molecule has 0 saturated carbocycles. The summed E-state index contributed by atoms with van der Waals surface area (Å²) >= 11 is 1.68. The molecule has 2 aromatic heterocycles. The van der Waals surface area contributed by atoms with Crippen molar-refractivity contribution in [2.45, 2.75) is 6.54 Å². The van der Waals surface area contributed by atoms with E-state index in [1.165, 1.54) is 7.11 Å². The van der Waals surface area contributed by atoms with Crippen LogP contribution in [0, 0.1) is 0 Å². The fraction of sp³-hybridized carbons (Fsp3) is 0.125. The van der Waals surface area contributed by atoms with E-state index in [4.69, 9.17) is 0 Å². The molecule has 0 saturated heterocycles. The highest BCUT2D eigenvalue weighted by Gasteiger charge is 2.06. The van der Waals surface area contributed by atoms with Crippen LogP contribution in [-0.2, 0) is 11.3 Å². The lowest BCUT2D eigenvalue weighted by molar-refractivity contribution is 0.0600. The second-order valence-corrected chi connectivity index (χ2v) is 5.51. The summed E-state index contributed by atoms with van der Waals surface area (Å²) in [5.41, 5.74) is 2.63.